The predicted molar refractivity (Wildman–Crippen MR) is 119 cm³/mol. The number of thiol groups is 1. The van der Waals surface area contributed by atoms with Crippen molar-refractivity contribution in [1.82, 2.24) is 19.7 Å². The number of aromatic amines is 1. The van der Waals surface area contributed by atoms with Crippen molar-refractivity contribution >= 4 is 39.3 Å². The summed E-state index contributed by atoms with van der Waals surface area (Å²) in [5.41, 5.74) is 2.70. The zero-order chi connectivity index (χ0) is 21.1. The number of nitrogens with one attached hydrogen (secondary N) is 3. The molecule has 8 nitrogen and oxygen atoms in total. The summed E-state index contributed by atoms with van der Waals surface area (Å²) in [7, 11) is -0.906. The van der Waals surface area contributed by atoms with Gasteiger partial charge in [0.1, 0.15) is 22.4 Å². The summed E-state index contributed by atoms with van der Waals surface area (Å²) in [6.07, 6.45) is 7.44. The minimum Gasteiger partial charge on any atom is -0.495 e. The van der Waals surface area contributed by atoms with Gasteiger partial charge in [-0.1, -0.05) is 11.6 Å². The molecule has 0 saturated heterocycles. The van der Waals surface area contributed by atoms with Crippen LogP contribution in [0.25, 0.3) is 22.2 Å². The molecule has 3 aromatic heterocycles. The van der Waals surface area contributed by atoms with Gasteiger partial charge < -0.3 is 15.0 Å². The number of fused-ring (bicyclic) bond motifs is 1. The van der Waals surface area contributed by atoms with E-state index in [1.165, 1.54) is 0 Å². The molecule has 30 heavy (non-hydrogen) atoms. The monoisotopic (exact) mass is 449 g/mol. The average Bonchev–Trinajstić information content (AvgIpc) is 3.16. The second-order valence-corrected chi connectivity index (χ2v) is 8.74. The highest BCUT2D eigenvalue weighted by Gasteiger charge is 2.22. The molecule has 1 aliphatic carbocycles. The lowest BCUT2D eigenvalue weighted by atomic mass is 9.86. The van der Waals surface area contributed by atoms with E-state index in [1.807, 2.05) is 24.4 Å². The first-order valence-electron chi connectivity index (χ1n) is 9.85. The molecule has 1 saturated carbocycles. The number of methoxy groups -OCH3 is 1. The van der Waals surface area contributed by atoms with E-state index < -0.39 is 10.9 Å². The summed E-state index contributed by atoms with van der Waals surface area (Å²) < 4.78 is 29.2. The fourth-order valence-electron chi connectivity index (χ4n) is 3.98. The minimum atomic E-state index is -2.52. The summed E-state index contributed by atoms with van der Waals surface area (Å²) in [4.78, 5) is 12.0. The molecular formula is C20H24ClN5O3S. The van der Waals surface area contributed by atoms with Gasteiger partial charge in [0.25, 0.3) is 0 Å². The number of pyridine rings is 2. The second kappa shape index (κ2) is 9.20. The van der Waals surface area contributed by atoms with Crippen molar-refractivity contribution in [3.63, 3.8) is 0 Å². The molecule has 4 rings (SSSR count). The third kappa shape index (κ3) is 4.85. The first kappa shape index (κ1) is 20.9. The Hall–Kier alpha value is -2.36. The van der Waals surface area contributed by atoms with Gasteiger partial charge in [-0.2, -0.15) is 0 Å². The van der Waals surface area contributed by atoms with E-state index in [0.29, 0.717) is 23.4 Å². The Balaban J connectivity index is 1.49. The number of hydrogen-bond donors (Lipinski definition) is 4. The summed E-state index contributed by atoms with van der Waals surface area (Å²) in [6.45, 7) is 0.517. The summed E-state index contributed by atoms with van der Waals surface area (Å²) >= 11 is 6.32. The molecule has 3 N–H and O–H groups in total. The zero-order valence-electron chi connectivity index (χ0n) is 16.5. The first-order chi connectivity index (χ1) is 14.5. The maximum Gasteiger partial charge on any atom is 0.201 e. The molecule has 0 spiro atoms. The maximum atomic E-state index is 10.7. The molecule has 10 heteroatoms. The number of rotatable bonds is 7. The fraction of sp³-hybridized carbons (Fsp3) is 0.400. The van der Waals surface area contributed by atoms with Crippen LogP contribution >= 0.6 is 11.6 Å². The minimum absolute atomic E-state index is 0.283. The number of hydrogen-bond acceptors (Lipinski definition) is 6. The third-order valence-electron chi connectivity index (χ3n) is 5.55. The third-order valence-corrected chi connectivity index (χ3v) is 6.19. The number of H-pyrrole nitrogens is 1. The predicted octanol–water partition coefficient (Wildman–Crippen LogP) is 3.37. The van der Waals surface area contributed by atoms with Gasteiger partial charge in [-0.15, -0.1) is 0 Å². The first-order valence-corrected chi connectivity index (χ1v) is 11.4. The molecule has 0 bridgehead atoms. The van der Waals surface area contributed by atoms with Gasteiger partial charge in [0.2, 0.25) is 10.9 Å². The summed E-state index contributed by atoms with van der Waals surface area (Å²) in [5.74, 6) is 1.80. The Morgan fingerprint density at radius 2 is 2.03 bits per heavy atom. The van der Waals surface area contributed by atoms with E-state index in [1.54, 1.807) is 13.3 Å². The Bertz CT molecular complexity index is 1100. The van der Waals surface area contributed by atoms with E-state index in [2.05, 4.69) is 25.0 Å². The highest BCUT2D eigenvalue weighted by atomic mass is 35.5. The van der Waals surface area contributed by atoms with Gasteiger partial charge in [-0.25, -0.2) is 23.1 Å². The zero-order valence-corrected chi connectivity index (χ0v) is 18.2. The van der Waals surface area contributed by atoms with Gasteiger partial charge in [0, 0.05) is 29.7 Å². The number of ether oxygens (including phenoxy) is 1. The van der Waals surface area contributed by atoms with Crippen LogP contribution < -0.4 is 14.8 Å². The largest absolute Gasteiger partial charge is 0.495 e. The van der Waals surface area contributed by atoms with Gasteiger partial charge in [-0.3, -0.25) is 0 Å². The Morgan fingerprint density at radius 3 is 2.77 bits per heavy atom. The summed E-state index contributed by atoms with van der Waals surface area (Å²) in [5, 5.41) is 4.86. The SMILES string of the molecule is COc1cnc2[nH]cc(-c3cc(Cl)nc(NC4CCC(CN[SH](=O)=O)CC4)c3)c2c1. The van der Waals surface area contributed by atoms with Crippen LogP contribution in [0.5, 0.6) is 5.75 Å². The van der Waals surface area contributed by atoms with Crippen LogP contribution in [0.2, 0.25) is 5.15 Å². The number of aromatic nitrogens is 3. The van der Waals surface area contributed by atoms with Gasteiger partial charge in [0.15, 0.2) is 0 Å². The molecule has 160 valence electrons. The molecule has 0 amide bonds. The Labute approximate surface area is 181 Å². The molecule has 0 atom stereocenters. The maximum absolute atomic E-state index is 10.7. The molecule has 0 aromatic carbocycles. The Morgan fingerprint density at radius 1 is 1.23 bits per heavy atom. The standard InChI is InChI=1S/C20H24ClN5O3S/c1-29-15-8-16-17(11-23-20(16)22-10-15)13-6-18(21)26-19(7-13)25-14-4-2-12(3-5-14)9-24-30(27)28/h6-8,10-12,14,30H,2-5,9H2,1H3,(H,22,23)(H,25,26)(H,24,27,28). The van der Waals surface area contributed by atoms with E-state index >= 15 is 0 Å². The lowest BCUT2D eigenvalue weighted by Gasteiger charge is -2.29. The van der Waals surface area contributed by atoms with Crippen LogP contribution in [0, 0.1) is 5.92 Å². The molecule has 0 unspecified atom stereocenters. The molecule has 1 aliphatic rings. The quantitative estimate of drug-likeness (QED) is 0.325. The van der Waals surface area contributed by atoms with Gasteiger partial charge in [0.05, 0.1) is 13.3 Å². The number of anilines is 1. The van der Waals surface area contributed by atoms with Crippen LogP contribution in [0.1, 0.15) is 25.7 Å². The van der Waals surface area contributed by atoms with Crippen molar-refractivity contribution in [2.75, 3.05) is 19.0 Å². The van der Waals surface area contributed by atoms with Crippen LogP contribution in [0.4, 0.5) is 5.82 Å². The second-order valence-electron chi connectivity index (χ2n) is 7.52. The molecule has 0 aliphatic heterocycles. The van der Waals surface area contributed by atoms with E-state index in [-0.39, 0.29) is 6.04 Å². The van der Waals surface area contributed by atoms with Crippen LogP contribution in [-0.2, 0) is 10.9 Å². The van der Waals surface area contributed by atoms with Crippen molar-refractivity contribution in [3.05, 3.63) is 35.7 Å². The van der Waals surface area contributed by atoms with Crippen molar-refractivity contribution < 1.29 is 13.2 Å². The van der Waals surface area contributed by atoms with Gasteiger partial charge >= 0.3 is 0 Å². The van der Waals surface area contributed by atoms with Crippen LogP contribution in [-0.4, -0.2) is 43.1 Å². The lowest BCUT2D eigenvalue weighted by Crippen LogP contribution is -2.31. The Kier molecular flexibility index (Phi) is 6.40. The topological polar surface area (TPSA) is 109 Å². The smallest absolute Gasteiger partial charge is 0.201 e. The lowest BCUT2D eigenvalue weighted by molar-refractivity contribution is 0.337. The van der Waals surface area contributed by atoms with Gasteiger partial charge in [-0.05, 0) is 55.4 Å². The highest BCUT2D eigenvalue weighted by molar-refractivity contribution is 7.70. The number of nitrogens with zero attached hydrogens (tertiary/aromatic N) is 2. The molecule has 0 radical (unpaired) electrons. The van der Waals surface area contributed by atoms with Crippen molar-refractivity contribution in [3.8, 4) is 16.9 Å². The van der Waals surface area contributed by atoms with Crippen molar-refractivity contribution in [2.45, 2.75) is 31.7 Å². The highest BCUT2D eigenvalue weighted by Crippen LogP contribution is 2.33. The average molecular weight is 450 g/mol. The molecule has 3 heterocycles. The van der Waals surface area contributed by atoms with Crippen LogP contribution in [0.3, 0.4) is 0 Å². The van der Waals surface area contributed by atoms with Crippen LogP contribution in [0.15, 0.2) is 30.6 Å². The normalized spacial score (nSPS) is 19.3. The fourth-order valence-corrected chi connectivity index (χ4v) is 4.60. The molecule has 3 aromatic rings. The van der Waals surface area contributed by atoms with Crippen molar-refractivity contribution in [1.29, 1.82) is 0 Å². The molecular weight excluding hydrogens is 426 g/mol. The number of halogens is 1. The molecule has 1 fully saturated rings. The van der Waals surface area contributed by atoms with Crippen molar-refractivity contribution in [2.24, 2.45) is 5.92 Å². The van der Waals surface area contributed by atoms with E-state index in [9.17, 15) is 8.42 Å². The summed E-state index contributed by atoms with van der Waals surface area (Å²) in [6, 6.07) is 6.05. The van der Waals surface area contributed by atoms with E-state index in [0.717, 1.165) is 53.7 Å². The van der Waals surface area contributed by atoms with E-state index in [4.69, 9.17) is 16.3 Å².